The zero-order valence-electron chi connectivity index (χ0n) is 13.9. The fourth-order valence-corrected chi connectivity index (χ4v) is 3.99. The van der Waals surface area contributed by atoms with Gasteiger partial charge in [0.1, 0.15) is 11.4 Å². The van der Waals surface area contributed by atoms with Crippen molar-refractivity contribution in [3.63, 3.8) is 0 Å². The van der Waals surface area contributed by atoms with E-state index < -0.39 is 0 Å². The van der Waals surface area contributed by atoms with E-state index in [2.05, 4.69) is 26.2 Å². The topological polar surface area (TPSA) is 72.6 Å². The van der Waals surface area contributed by atoms with Gasteiger partial charge in [-0.25, -0.2) is 0 Å². The van der Waals surface area contributed by atoms with Crippen molar-refractivity contribution < 1.29 is 19.0 Å². The number of benzene rings is 1. The van der Waals surface area contributed by atoms with Crippen LogP contribution in [0.4, 0.5) is 0 Å². The molecule has 2 N–H and O–H groups in total. The summed E-state index contributed by atoms with van der Waals surface area (Å²) >= 11 is 4.99. The molecule has 8 heteroatoms. The van der Waals surface area contributed by atoms with Gasteiger partial charge in [0, 0.05) is 16.3 Å². The van der Waals surface area contributed by atoms with Gasteiger partial charge < -0.3 is 24.5 Å². The maximum absolute atomic E-state index is 12.5. The summed E-state index contributed by atoms with van der Waals surface area (Å²) in [6.45, 7) is 0.460. The molecule has 0 aliphatic carbocycles. The molecule has 1 amide bonds. The van der Waals surface area contributed by atoms with Crippen LogP contribution in [-0.2, 0) is 6.54 Å². The number of methoxy groups -OCH3 is 3. The van der Waals surface area contributed by atoms with Crippen molar-refractivity contribution in [2.75, 3.05) is 21.3 Å². The largest absolute Gasteiger partial charge is 0.496 e. The standard InChI is InChI=1S/C17H17BrN2O4S/c1-22-12-7-13(23-2)16(24-3)15-10(12)6-11(20-15)17(21)19-8-9-4-5-14(18)25-9/h4-7,20H,8H2,1-3H3,(H,19,21). The second-order valence-corrected chi connectivity index (χ2v) is 7.72. The number of carbonyl (C=O) groups is 1. The lowest BCUT2D eigenvalue weighted by molar-refractivity contribution is 0.0947. The molecule has 1 aromatic carbocycles. The molecule has 0 unspecified atom stereocenters. The highest BCUT2D eigenvalue weighted by molar-refractivity contribution is 9.11. The number of nitrogens with one attached hydrogen (secondary N) is 2. The first-order chi connectivity index (χ1) is 12.1. The van der Waals surface area contributed by atoms with Crippen LogP contribution in [0.1, 0.15) is 15.4 Å². The molecule has 2 aromatic heterocycles. The quantitative estimate of drug-likeness (QED) is 0.628. The number of aromatic nitrogens is 1. The summed E-state index contributed by atoms with van der Waals surface area (Å²) in [5, 5.41) is 3.65. The number of thiophene rings is 1. The van der Waals surface area contributed by atoms with Crippen molar-refractivity contribution in [2.45, 2.75) is 6.54 Å². The van der Waals surface area contributed by atoms with Crippen LogP contribution < -0.4 is 19.5 Å². The van der Waals surface area contributed by atoms with Crippen molar-refractivity contribution in [1.82, 2.24) is 10.3 Å². The van der Waals surface area contributed by atoms with Crippen LogP contribution in [0.5, 0.6) is 17.2 Å². The zero-order valence-corrected chi connectivity index (χ0v) is 16.3. The van der Waals surface area contributed by atoms with Gasteiger partial charge in [-0.05, 0) is 34.1 Å². The molecule has 3 rings (SSSR count). The molecule has 0 spiro atoms. The van der Waals surface area contributed by atoms with Gasteiger partial charge in [0.05, 0.1) is 37.2 Å². The molecule has 0 aliphatic heterocycles. The lowest BCUT2D eigenvalue weighted by Crippen LogP contribution is -2.22. The summed E-state index contributed by atoms with van der Waals surface area (Å²) in [4.78, 5) is 16.7. The smallest absolute Gasteiger partial charge is 0.268 e. The number of fused-ring (bicyclic) bond motifs is 1. The lowest BCUT2D eigenvalue weighted by atomic mass is 10.2. The highest BCUT2D eigenvalue weighted by atomic mass is 79.9. The highest BCUT2D eigenvalue weighted by Crippen LogP contribution is 2.41. The predicted octanol–water partition coefficient (Wildman–Crippen LogP) is 3.95. The highest BCUT2D eigenvalue weighted by Gasteiger charge is 2.19. The van der Waals surface area contributed by atoms with Gasteiger partial charge in [-0.15, -0.1) is 11.3 Å². The van der Waals surface area contributed by atoms with E-state index in [1.165, 1.54) is 0 Å². The van der Waals surface area contributed by atoms with Gasteiger partial charge in [-0.3, -0.25) is 4.79 Å². The van der Waals surface area contributed by atoms with E-state index >= 15 is 0 Å². The van der Waals surface area contributed by atoms with Gasteiger partial charge in [-0.1, -0.05) is 0 Å². The third kappa shape index (κ3) is 3.45. The van der Waals surface area contributed by atoms with Crippen molar-refractivity contribution >= 4 is 44.1 Å². The Morgan fingerprint density at radius 2 is 1.92 bits per heavy atom. The Kier molecular flexibility index (Phi) is 5.19. The van der Waals surface area contributed by atoms with Crippen LogP contribution in [0, 0.1) is 0 Å². The average Bonchev–Trinajstić information content (AvgIpc) is 3.24. The summed E-state index contributed by atoms with van der Waals surface area (Å²) in [5.74, 6) is 1.46. The molecule has 132 valence electrons. The zero-order chi connectivity index (χ0) is 18.0. The molecule has 0 radical (unpaired) electrons. The van der Waals surface area contributed by atoms with Crippen LogP contribution in [0.15, 0.2) is 28.1 Å². The van der Waals surface area contributed by atoms with Crippen molar-refractivity contribution in [3.8, 4) is 17.2 Å². The second-order valence-electron chi connectivity index (χ2n) is 5.17. The number of hydrogen-bond acceptors (Lipinski definition) is 5. The number of amides is 1. The minimum absolute atomic E-state index is 0.205. The minimum atomic E-state index is -0.205. The molecule has 0 fully saturated rings. The number of aromatic amines is 1. The maximum Gasteiger partial charge on any atom is 0.268 e. The minimum Gasteiger partial charge on any atom is -0.496 e. The third-order valence-electron chi connectivity index (χ3n) is 3.74. The normalized spacial score (nSPS) is 10.7. The van der Waals surface area contributed by atoms with E-state index in [9.17, 15) is 4.79 Å². The lowest BCUT2D eigenvalue weighted by Gasteiger charge is -2.11. The number of carbonyl (C=O) groups excluding carboxylic acids is 1. The predicted molar refractivity (Wildman–Crippen MR) is 101 cm³/mol. The van der Waals surface area contributed by atoms with Crippen LogP contribution in [0.2, 0.25) is 0 Å². The van der Waals surface area contributed by atoms with E-state index in [0.29, 0.717) is 35.0 Å². The molecule has 0 saturated carbocycles. The Bertz CT molecular complexity index is 919. The molecule has 2 heterocycles. The number of rotatable bonds is 6. The van der Waals surface area contributed by atoms with Crippen molar-refractivity contribution in [2.24, 2.45) is 0 Å². The van der Waals surface area contributed by atoms with Crippen molar-refractivity contribution in [3.05, 3.63) is 38.6 Å². The van der Waals surface area contributed by atoms with E-state index in [1.54, 1.807) is 44.8 Å². The van der Waals surface area contributed by atoms with Crippen LogP contribution in [0.3, 0.4) is 0 Å². The summed E-state index contributed by atoms with van der Waals surface area (Å²) in [7, 11) is 4.68. The fraction of sp³-hybridized carbons (Fsp3) is 0.235. The molecule has 0 bridgehead atoms. The van der Waals surface area contributed by atoms with E-state index in [4.69, 9.17) is 14.2 Å². The molecule has 3 aromatic rings. The fourth-order valence-electron chi connectivity index (χ4n) is 2.57. The molecular formula is C17H17BrN2O4S. The molecule has 25 heavy (non-hydrogen) atoms. The SMILES string of the molecule is COc1cc(OC)c2cc(C(=O)NCc3ccc(Br)s3)[nH]c2c1OC. The van der Waals surface area contributed by atoms with Crippen LogP contribution in [0.25, 0.3) is 10.9 Å². The number of hydrogen-bond donors (Lipinski definition) is 2. The maximum atomic E-state index is 12.5. The van der Waals surface area contributed by atoms with E-state index in [0.717, 1.165) is 14.0 Å². The van der Waals surface area contributed by atoms with Crippen molar-refractivity contribution in [1.29, 1.82) is 0 Å². The number of halogens is 1. The Balaban J connectivity index is 1.92. The Morgan fingerprint density at radius 3 is 2.52 bits per heavy atom. The first kappa shape index (κ1) is 17.6. The molecule has 0 aliphatic rings. The summed E-state index contributed by atoms with van der Waals surface area (Å²) in [6, 6.07) is 7.41. The Labute approximate surface area is 157 Å². The summed E-state index contributed by atoms with van der Waals surface area (Å²) in [5.41, 5.74) is 1.08. The average molecular weight is 425 g/mol. The number of ether oxygens (including phenoxy) is 3. The molecule has 0 saturated heterocycles. The summed E-state index contributed by atoms with van der Waals surface area (Å²) in [6.07, 6.45) is 0. The second kappa shape index (κ2) is 7.37. The number of H-pyrrole nitrogens is 1. The van der Waals surface area contributed by atoms with Gasteiger partial charge in [-0.2, -0.15) is 0 Å². The Morgan fingerprint density at radius 1 is 1.16 bits per heavy atom. The first-order valence-corrected chi connectivity index (χ1v) is 9.02. The summed E-state index contributed by atoms with van der Waals surface area (Å²) < 4.78 is 17.2. The van der Waals surface area contributed by atoms with E-state index in [-0.39, 0.29) is 5.91 Å². The van der Waals surface area contributed by atoms with E-state index in [1.807, 2.05) is 12.1 Å². The molecule has 0 atom stereocenters. The van der Waals surface area contributed by atoms with Gasteiger partial charge >= 0.3 is 0 Å². The van der Waals surface area contributed by atoms with Gasteiger partial charge in [0.15, 0.2) is 11.5 Å². The van der Waals surface area contributed by atoms with Crippen LogP contribution in [-0.4, -0.2) is 32.2 Å². The van der Waals surface area contributed by atoms with Gasteiger partial charge in [0.25, 0.3) is 5.91 Å². The monoisotopic (exact) mass is 424 g/mol. The Hall–Kier alpha value is -2.19. The van der Waals surface area contributed by atoms with Gasteiger partial charge in [0.2, 0.25) is 0 Å². The third-order valence-corrected chi connectivity index (χ3v) is 5.36. The first-order valence-electron chi connectivity index (χ1n) is 7.41. The molecule has 6 nitrogen and oxygen atoms in total. The van der Waals surface area contributed by atoms with Crippen LogP contribution >= 0.6 is 27.3 Å². The molecular weight excluding hydrogens is 408 g/mol.